The van der Waals surface area contributed by atoms with Crippen molar-refractivity contribution in [1.82, 2.24) is 0 Å². The van der Waals surface area contributed by atoms with Crippen LogP contribution in [0.25, 0.3) is 40.3 Å². The van der Waals surface area contributed by atoms with Crippen molar-refractivity contribution in [2.24, 2.45) is 0 Å². The van der Waals surface area contributed by atoms with Crippen LogP contribution in [0.4, 0.5) is 0 Å². The van der Waals surface area contributed by atoms with Gasteiger partial charge in [-0.05, 0) is 69.8 Å². The van der Waals surface area contributed by atoms with Gasteiger partial charge in [-0.3, -0.25) is 9.11 Å². The van der Waals surface area contributed by atoms with Crippen molar-refractivity contribution in [3.8, 4) is 11.5 Å². The van der Waals surface area contributed by atoms with E-state index in [1.54, 1.807) is 47.7 Å². The number of phenolic OH excluding ortho intramolecular Hbond substituents is 2. The highest BCUT2D eigenvalue weighted by Crippen LogP contribution is 2.50. The Morgan fingerprint density at radius 3 is 1.03 bits per heavy atom. The topological polar surface area (TPSA) is 135 Å². The van der Waals surface area contributed by atoms with E-state index in [9.17, 15) is 10.2 Å². The van der Waals surface area contributed by atoms with Gasteiger partial charge in [0.1, 0.15) is 17.1 Å². The average Bonchev–Trinajstić information content (AvgIpc) is 4.00. The number of hydrogen-bond donors (Lipinski definition) is 5. The van der Waals surface area contributed by atoms with E-state index in [1.807, 2.05) is 84.1 Å². The minimum Gasteiger partial charge on any atom is -0.508 e. The third kappa shape index (κ3) is 10.3. The molecule has 12 rings (SSSR count). The minimum atomic E-state index is -4.67. The Bertz CT molecular complexity index is 3720. The van der Waals surface area contributed by atoms with Crippen molar-refractivity contribution in [3.05, 3.63) is 300 Å². The summed E-state index contributed by atoms with van der Waals surface area (Å²) in [5.41, 5.74) is 5.73. The van der Waals surface area contributed by atoms with Crippen LogP contribution in [0.15, 0.2) is 261 Å². The molecular formula is C62H48O7S3. The van der Waals surface area contributed by atoms with Crippen molar-refractivity contribution < 1.29 is 32.8 Å². The maximum atomic E-state index is 12.2. The average molecular weight is 1000 g/mol. The third-order valence-electron chi connectivity index (χ3n) is 12.5. The SMILES string of the molecule is O=S(=O)(O)O.OC(c1ccccc1)(c1ccccc1)c1cccc2c1sc1ccccc12.Oc1ccc(C(c2ccccc2)(c2ccccc2)c2cccc3c2sc2ccccc23)cc1.Oc1ccccc1. The Kier molecular flexibility index (Phi) is 14.7. The number of phenols is 2. The largest absolute Gasteiger partial charge is 0.508 e. The van der Waals surface area contributed by atoms with Gasteiger partial charge in [-0.2, -0.15) is 8.42 Å². The van der Waals surface area contributed by atoms with Gasteiger partial charge in [0, 0.05) is 45.9 Å². The zero-order chi connectivity index (χ0) is 50.1. The first-order valence-corrected chi connectivity index (χ1v) is 26.0. The quantitative estimate of drug-likeness (QED) is 0.0792. The van der Waals surface area contributed by atoms with Gasteiger partial charge in [-0.1, -0.05) is 224 Å². The van der Waals surface area contributed by atoms with Crippen LogP contribution in [0, 0.1) is 0 Å². The van der Waals surface area contributed by atoms with E-state index in [0.29, 0.717) is 5.75 Å². The molecule has 2 aromatic heterocycles. The van der Waals surface area contributed by atoms with Gasteiger partial charge in [-0.15, -0.1) is 22.7 Å². The minimum absolute atomic E-state index is 0.272. The Morgan fingerprint density at radius 1 is 0.319 bits per heavy atom. The lowest BCUT2D eigenvalue weighted by Gasteiger charge is -2.37. The summed E-state index contributed by atoms with van der Waals surface area (Å²) in [6.07, 6.45) is 0. The normalized spacial score (nSPS) is 11.5. The van der Waals surface area contributed by atoms with Gasteiger partial charge in [0.05, 0.1) is 5.41 Å². The van der Waals surface area contributed by atoms with E-state index in [4.69, 9.17) is 22.6 Å². The summed E-state index contributed by atoms with van der Waals surface area (Å²) in [6.45, 7) is 0. The first-order chi connectivity index (χ1) is 35.0. The predicted molar refractivity (Wildman–Crippen MR) is 296 cm³/mol. The lowest BCUT2D eigenvalue weighted by Crippen LogP contribution is -2.31. The van der Waals surface area contributed by atoms with Crippen LogP contribution in [-0.4, -0.2) is 32.8 Å². The van der Waals surface area contributed by atoms with E-state index in [-0.39, 0.29) is 5.75 Å². The number of fused-ring (bicyclic) bond motifs is 6. The second-order valence-electron chi connectivity index (χ2n) is 16.8. The molecule has 0 aliphatic heterocycles. The number of thiophene rings is 2. The molecule has 0 fully saturated rings. The zero-order valence-corrected chi connectivity index (χ0v) is 41.1. The summed E-state index contributed by atoms with van der Waals surface area (Å²) in [5.74, 6) is 0.594. The first-order valence-electron chi connectivity index (χ1n) is 23.0. The maximum absolute atomic E-state index is 12.2. The fourth-order valence-corrected chi connectivity index (χ4v) is 11.9. The Balaban J connectivity index is 0.000000146. The van der Waals surface area contributed by atoms with E-state index < -0.39 is 21.4 Å². The van der Waals surface area contributed by atoms with Gasteiger partial charge >= 0.3 is 10.4 Å². The number of hydrogen-bond acceptors (Lipinski definition) is 7. The molecule has 0 atom stereocenters. The van der Waals surface area contributed by atoms with Crippen LogP contribution in [0.2, 0.25) is 0 Å². The van der Waals surface area contributed by atoms with Gasteiger partial charge in [-0.25, -0.2) is 0 Å². The third-order valence-corrected chi connectivity index (χ3v) is 14.9. The first kappa shape index (κ1) is 49.1. The number of aliphatic hydroxyl groups is 1. The van der Waals surface area contributed by atoms with E-state index in [0.717, 1.165) is 27.0 Å². The second-order valence-corrected chi connectivity index (χ2v) is 19.8. The zero-order valence-electron chi connectivity index (χ0n) is 38.6. The molecule has 0 saturated heterocycles. The Hall–Kier alpha value is -7.93. The molecule has 0 radical (unpaired) electrons. The Labute approximate surface area is 426 Å². The molecule has 2 heterocycles. The van der Waals surface area contributed by atoms with Crippen LogP contribution in [0.3, 0.4) is 0 Å². The van der Waals surface area contributed by atoms with E-state index in [1.165, 1.54) is 52.3 Å². The highest BCUT2D eigenvalue weighted by Gasteiger charge is 2.40. The van der Waals surface area contributed by atoms with Crippen molar-refractivity contribution in [1.29, 1.82) is 0 Å². The standard InChI is InChI=1S/C31H22OS.C25H18OS.C6H6O.H2O4S/c32-25-20-18-24(19-21-25)31(22-10-3-1-4-11-22,23-12-5-2-6-13-23)28-16-9-15-27-26-14-7-8-17-29(26)33-30(27)28;26-25(18-10-3-1-4-11-18,19-12-5-2-6-13-19)22-16-9-15-21-20-14-7-8-17-23(20)27-24(21)22;7-6-4-2-1-3-5-6;1-5(2,3)4/h1-21,32H;1-17,26H;1-5,7H;(H2,1,2,3,4). The van der Waals surface area contributed by atoms with Gasteiger partial charge in [0.2, 0.25) is 0 Å². The molecule has 5 N–H and O–H groups in total. The lowest BCUT2D eigenvalue weighted by atomic mass is 9.65. The smallest absolute Gasteiger partial charge is 0.394 e. The molecule has 356 valence electrons. The molecule has 0 amide bonds. The highest BCUT2D eigenvalue weighted by molar-refractivity contribution is 7.79. The molecule has 10 aromatic carbocycles. The molecule has 0 spiro atoms. The van der Waals surface area contributed by atoms with Crippen LogP contribution >= 0.6 is 22.7 Å². The molecular weight excluding hydrogens is 953 g/mol. The highest BCUT2D eigenvalue weighted by atomic mass is 32.3. The molecule has 72 heavy (non-hydrogen) atoms. The molecule has 0 unspecified atom stereocenters. The molecule has 0 aliphatic rings. The van der Waals surface area contributed by atoms with E-state index in [2.05, 4.69) is 152 Å². The second kappa shape index (κ2) is 21.6. The molecule has 10 heteroatoms. The van der Waals surface area contributed by atoms with Crippen molar-refractivity contribution in [2.75, 3.05) is 0 Å². The maximum Gasteiger partial charge on any atom is 0.394 e. The number of benzene rings is 10. The predicted octanol–water partition coefficient (Wildman–Crippen LogP) is 15.2. The van der Waals surface area contributed by atoms with Gasteiger partial charge in [0.25, 0.3) is 0 Å². The van der Waals surface area contributed by atoms with Crippen LogP contribution in [0.5, 0.6) is 11.5 Å². The summed E-state index contributed by atoms with van der Waals surface area (Å²) < 4.78 is 36.5. The fraction of sp³-hybridized carbons (Fsp3) is 0.0323. The Morgan fingerprint density at radius 2 is 0.625 bits per heavy atom. The summed E-state index contributed by atoms with van der Waals surface area (Å²) in [4.78, 5) is 0. The molecule has 7 nitrogen and oxygen atoms in total. The lowest BCUT2D eigenvalue weighted by molar-refractivity contribution is 0.127. The van der Waals surface area contributed by atoms with Crippen LogP contribution in [0.1, 0.15) is 38.9 Å². The summed E-state index contributed by atoms with van der Waals surface area (Å²) in [7, 11) is -4.67. The number of aromatic hydroxyl groups is 2. The summed E-state index contributed by atoms with van der Waals surface area (Å²) in [6, 6.07) is 87.7. The van der Waals surface area contributed by atoms with E-state index >= 15 is 0 Å². The monoisotopic (exact) mass is 1000 g/mol. The van der Waals surface area contributed by atoms with Gasteiger partial charge in [0.15, 0.2) is 0 Å². The summed E-state index contributed by atoms with van der Waals surface area (Å²) in [5, 5.41) is 35.9. The van der Waals surface area contributed by atoms with Crippen LogP contribution in [-0.2, 0) is 21.4 Å². The fourth-order valence-electron chi connectivity index (χ4n) is 9.39. The summed E-state index contributed by atoms with van der Waals surface area (Å²) >= 11 is 3.60. The van der Waals surface area contributed by atoms with Crippen LogP contribution < -0.4 is 0 Å². The number of para-hydroxylation sites is 1. The molecule has 0 aliphatic carbocycles. The van der Waals surface area contributed by atoms with Gasteiger partial charge < -0.3 is 15.3 Å². The van der Waals surface area contributed by atoms with Crippen molar-refractivity contribution in [3.63, 3.8) is 0 Å². The van der Waals surface area contributed by atoms with Crippen molar-refractivity contribution >= 4 is 73.4 Å². The number of rotatable bonds is 7. The van der Waals surface area contributed by atoms with Crippen molar-refractivity contribution in [2.45, 2.75) is 11.0 Å². The molecule has 12 aromatic rings. The molecule has 0 bridgehead atoms. The molecule has 0 saturated carbocycles.